The number of rotatable bonds is 3. The quantitative estimate of drug-likeness (QED) is 0.187. The van der Waals surface area contributed by atoms with Crippen LogP contribution in [0, 0.1) is 0 Å². The zero-order valence-corrected chi connectivity index (χ0v) is 28.7. The van der Waals surface area contributed by atoms with E-state index in [1.54, 1.807) is 0 Å². The smallest absolute Gasteiger partial charge is 0.160 e. The van der Waals surface area contributed by atoms with Crippen LogP contribution in [-0.4, -0.2) is 14.4 Å². The van der Waals surface area contributed by atoms with E-state index in [1.165, 1.54) is 59.6 Å². The van der Waals surface area contributed by atoms with Crippen molar-refractivity contribution in [2.45, 2.75) is 0 Å². The van der Waals surface area contributed by atoms with Crippen LogP contribution in [0.1, 0.15) is 0 Å². The fourth-order valence-corrected chi connectivity index (χ4v) is 8.38. The Morgan fingerprint density at radius 1 is 0.302 bits per heavy atom. The van der Waals surface area contributed by atoms with Crippen LogP contribution in [0.15, 0.2) is 188 Å². The van der Waals surface area contributed by atoms with E-state index in [0.717, 1.165) is 38.9 Å². The lowest BCUT2D eigenvalue weighted by atomic mass is 9.96. The molecule has 0 bridgehead atoms. The summed E-state index contributed by atoms with van der Waals surface area (Å²) in [6.07, 6.45) is 0. The predicted octanol–water partition coefficient (Wildman–Crippen LogP) is 13.2. The van der Waals surface area contributed by atoms with E-state index in [1.807, 2.05) is 12.1 Å². The number of aromatic nitrogens is 3. The molecule has 0 spiro atoms. The largest absolute Gasteiger partial charge is 0.308 e. The molecule has 0 radical (unpaired) electrons. The van der Waals surface area contributed by atoms with Gasteiger partial charge in [-0.2, -0.15) is 0 Å². The second-order valence-corrected chi connectivity index (χ2v) is 13.7. The van der Waals surface area contributed by atoms with Gasteiger partial charge in [-0.25, -0.2) is 9.97 Å². The second kappa shape index (κ2) is 11.7. The van der Waals surface area contributed by atoms with E-state index < -0.39 is 0 Å². The third-order valence-electron chi connectivity index (χ3n) is 10.8. The molecule has 0 atom stereocenters. The van der Waals surface area contributed by atoms with Crippen LogP contribution in [0.3, 0.4) is 0 Å². The van der Waals surface area contributed by atoms with Crippen LogP contribution in [0.2, 0.25) is 0 Å². The number of para-hydroxylation sites is 4. The summed E-state index contributed by atoms with van der Waals surface area (Å²) in [6.45, 7) is 0. The average Bonchev–Trinajstić information content (AvgIpc) is 3.59. The van der Waals surface area contributed by atoms with Crippen molar-refractivity contribution in [3.05, 3.63) is 188 Å². The molecule has 0 saturated heterocycles. The van der Waals surface area contributed by atoms with Gasteiger partial charge in [0, 0.05) is 38.1 Å². The maximum Gasteiger partial charge on any atom is 0.160 e. The average molecular weight is 674 g/mol. The number of nitrogens with zero attached hydrogens (tertiary/aromatic N) is 3. The van der Waals surface area contributed by atoms with Gasteiger partial charge in [0.2, 0.25) is 0 Å². The van der Waals surface area contributed by atoms with E-state index in [9.17, 15) is 0 Å². The van der Waals surface area contributed by atoms with Gasteiger partial charge in [0.1, 0.15) is 0 Å². The highest BCUT2D eigenvalue weighted by atomic mass is 14.9. The fraction of sp³-hybridized carbons (Fsp3) is 0. The lowest BCUT2D eigenvalue weighted by Crippen LogP contribution is -1.95. The molecule has 0 N–H and O–H groups in total. The Hall–Kier alpha value is -7.10. The molecule has 246 valence electrons. The molecule has 0 aliphatic heterocycles. The van der Waals surface area contributed by atoms with Gasteiger partial charge in [-0.05, 0) is 63.0 Å². The van der Waals surface area contributed by atoms with Crippen molar-refractivity contribution in [1.82, 2.24) is 14.4 Å². The highest BCUT2D eigenvalue weighted by molar-refractivity contribution is 6.25. The molecule has 11 aromatic rings. The van der Waals surface area contributed by atoms with Crippen LogP contribution >= 0.6 is 0 Å². The molecule has 3 aromatic heterocycles. The number of hydrogen-bond donors (Lipinski definition) is 0. The normalized spacial score (nSPS) is 11.8. The summed E-state index contributed by atoms with van der Waals surface area (Å²) >= 11 is 0. The zero-order valence-electron chi connectivity index (χ0n) is 28.7. The third-order valence-corrected chi connectivity index (χ3v) is 10.8. The maximum absolute atomic E-state index is 5.18. The first kappa shape index (κ1) is 29.6. The van der Waals surface area contributed by atoms with Crippen molar-refractivity contribution in [3.8, 4) is 33.8 Å². The van der Waals surface area contributed by atoms with Crippen molar-refractivity contribution in [1.29, 1.82) is 0 Å². The lowest BCUT2D eigenvalue weighted by Gasteiger charge is -2.11. The van der Waals surface area contributed by atoms with Gasteiger partial charge in [-0.15, -0.1) is 0 Å². The summed E-state index contributed by atoms with van der Waals surface area (Å²) in [5.74, 6) is 0.715. The molecule has 3 heterocycles. The van der Waals surface area contributed by atoms with Crippen LogP contribution in [0.5, 0.6) is 0 Å². The molecule has 8 aromatic carbocycles. The first-order valence-corrected chi connectivity index (χ1v) is 18.1. The van der Waals surface area contributed by atoms with E-state index in [0.29, 0.717) is 5.82 Å². The van der Waals surface area contributed by atoms with Gasteiger partial charge in [-0.1, -0.05) is 158 Å². The van der Waals surface area contributed by atoms with Crippen molar-refractivity contribution < 1.29 is 0 Å². The molecular weight excluding hydrogens is 643 g/mol. The molecule has 11 rings (SSSR count). The van der Waals surface area contributed by atoms with Crippen molar-refractivity contribution in [2.24, 2.45) is 0 Å². The van der Waals surface area contributed by atoms with E-state index in [-0.39, 0.29) is 0 Å². The van der Waals surface area contributed by atoms with Crippen LogP contribution in [-0.2, 0) is 0 Å². The minimum atomic E-state index is 0.715. The summed E-state index contributed by atoms with van der Waals surface area (Å²) < 4.78 is 2.48. The van der Waals surface area contributed by atoms with Gasteiger partial charge in [0.25, 0.3) is 0 Å². The SMILES string of the molecule is c1ccc(-c2nc(-c3cccc(-c4ccc5c6ccccc6c6cccc7c8ccccc8n(c8ccccc8c5c4)c67)c3)nc3ccccc23)cc1. The molecule has 0 unspecified atom stereocenters. The van der Waals surface area contributed by atoms with Crippen LogP contribution in [0.4, 0.5) is 0 Å². The highest BCUT2D eigenvalue weighted by Gasteiger charge is 2.16. The van der Waals surface area contributed by atoms with Gasteiger partial charge < -0.3 is 4.40 Å². The maximum atomic E-state index is 5.18. The summed E-state index contributed by atoms with van der Waals surface area (Å²) in [7, 11) is 0. The first-order valence-electron chi connectivity index (χ1n) is 18.1. The fourth-order valence-electron chi connectivity index (χ4n) is 8.38. The van der Waals surface area contributed by atoms with Crippen LogP contribution in [0.25, 0.3) is 104 Å². The van der Waals surface area contributed by atoms with Crippen LogP contribution < -0.4 is 0 Å². The van der Waals surface area contributed by atoms with Crippen molar-refractivity contribution in [2.75, 3.05) is 0 Å². The molecule has 53 heavy (non-hydrogen) atoms. The van der Waals surface area contributed by atoms with Crippen molar-refractivity contribution >= 4 is 70.5 Å². The minimum Gasteiger partial charge on any atom is -0.308 e. The number of hydrogen-bond acceptors (Lipinski definition) is 2. The second-order valence-electron chi connectivity index (χ2n) is 13.7. The van der Waals surface area contributed by atoms with Gasteiger partial charge in [-0.3, -0.25) is 0 Å². The minimum absolute atomic E-state index is 0.715. The van der Waals surface area contributed by atoms with Gasteiger partial charge in [0.05, 0.1) is 27.8 Å². The first-order chi connectivity index (χ1) is 26.3. The number of benzene rings is 8. The summed E-state index contributed by atoms with van der Waals surface area (Å²) in [5, 5.41) is 10.9. The van der Waals surface area contributed by atoms with E-state index in [2.05, 4.69) is 180 Å². The van der Waals surface area contributed by atoms with E-state index >= 15 is 0 Å². The number of fused-ring (bicyclic) bond motifs is 11. The Balaban J connectivity index is 1.21. The Bertz CT molecular complexity index is 3290. The topological polar surface area (TPSA) is 30.2 Å². The Morgan fingerprint density at radius 3 is 1.58 bits per heavy atom. The highest BCUT2D eigenvalue weighted by Crippen LogP contribution is 2.40. The molecular formula is C50H31N3. The van der Waals surface area contributed by atoms with Gasteiger partial charge >= 0.3 is 0 Å². The molecule has 0 aliphatic rings. The van der Waals surface area contributed by atoms with Crippen molar-refractivity contribution in [3.63, 3.8) is 0 Å². The molecule has 3 heteroatoms. The Kier molecular flexibility index (Phi) is 6.55. The molecule has 3 nitrogen and oxygen atoms in total. The van der Waals surface area contributed by atoms with E-state index in [4.69, 9.17) is 9.97 Å². The zero-order chi connectivity index (χ0) is 34.9. The lowest BCUT2D eigenvalue weighted by molar-refractivity contribution is 1.23. The molecule has 0 amide bonds. The Morgan fingerprint density at radius 2 is 0.811 bits per heavy atom. The summed E-state index contributed by atoms with van der Waals surface area (Å²) in [6, 6.07) is 67.6. The predicted molar refractivity (Wildman–Crippen MR) is 223 cm³/mol. The molecule has 0 aliphatic carbocycles. The summed E-state index contributed by atoms with van der Waals surface area (Å²) in [4.78, 5) is 10.2. The molecule has 0 saturated carbocycles. The Labute approximate surface area is 305 Å². The third kappa shape index (κ3) is 4.61. The monoisotopic (exact) mass is 673 g/mol. The standard InChI is InChI=1S/C50H31N3/c1-2-14-32(15-3-1)48-43-22-6-9-25-45(43)51-50(52-48)35-17-12-16-33(30-35)34-28-29-38-36-18-4-5-19-37(36)41-23-13-24-42-39-20-7-10-26-46(39)53(49(41)42)47-27-11-8-21-40(47)44(38)31-34/h1-31H. The molecule has 0 fully saturated rings. The van der Waals surface area contributed by atoms with Gasteiger partial charge in [0.15, 0.2) is 5.82 Å². The summed E-state index contributed by atoms with van der Waals surface area (Å²) in [5.41, 5.74) is 9.80.